The number of hydrogen-bond donors (Lipinski definition) is 2. The quantitative estimate of drug-likeness (QED) is 0.823. The third-order valence-corrected chi connectivity index (χ3v) is 6.45. The molecule has 0 bridgehead atoms. The molecule has 0 aliphatic heterocycles. The van der Waals surface area contributed by atoms with Crippen LogP contribution in [0.1, 0.15) is 25.7 Å². The van der Waals surface area contributed by atoms with Gasteiger partial charge < -0.3 is 5.11 Å². The monoisotopic (exact) mass is 381 g/mol. The first-order valence-corrected chi connectivity index (χ1v) is 9.10. The number of hydrogen-bond acceptors (Lipinski definition) is 3. The van der Waals surface area contributed by atoms with Crippen molar-refractivity contribution in [1.82, 2.24) is 4.72 Å². The summed E-state index contributed by atoms with van der Waals surface area (Å²) in [6.45, 7) is 0.284. The van der Waals surface area contributed by atoms with Crippen LogP contribution in [0.5, 0.6) is 0 Å². The number of sulfonamides is 1. The lowest BCUT2D eigenvalue weighted by Gasteiger charge is -2.26. The van der Waals surface area contributed by atoms with Crippen molar-refractivity contribution in [3.05, 3.63) is 27.7 Å². The molecule has 20 heavy (non-hydrogen) atoms. The third-order valence-electron chi connectivity index (χ3n) is 3.84. The van der Waals surface area contributed by atoms with Crippen LogP contribution in [0.3, 0.4) is 0 Å². The Balaban J connectivity index is 2.13. The molecule has 1 fully saturated rings. The first-order chi connectivity index (χ1) is 9.38. The average Bonchev–Trinajstić information content (AvgIpc) is 2.89. The molecule has 7 heteroatoms. The molecule has 2 rings (SSSR count). The summed E-state index contributed by atoms with van der Waals surface area (Å²) in [5.74, 6) is 0. The summed E-state index contributed by atoms with van der Waals surface area (Å²) in [5, 5.41) is 9.97. The normalized spacial score (nSPS) is 18.4. The first kappa shape index (κ1) is 16.2. The van der Waals surface area contributed by atoms with E-state index in [2.05, 4.69) is 20.7 Å². The first-order valence-electron chi connectivity index (χ1n) is 6.44. The molecule has 1 saturated carbocycles. The number of nitrogens with one attached hydrogen (secondary N) is 1. The smallest absolute Gasteiger partial charge is 0.240 e. The molecule has 1 aliphatic rings. The van der Waals surface area contributed by atoms with Crippen LogP contribution in [0.2, 0.25) is 5.02 Å². The maximum Gasteiger partial charge on any atom is 0.240 e. The average molecular weight is 383 g/mol. The van der Waals surface area contributed by atoms with Crippen molar-refractivity contribution in [2.45, 2.75) is 30.6 Å². The van der Waals surface area contributed by atoms with Gasteiger partial charge in [0, 0.05) is 23.0 Å². The van der Waals surface area contributed by atoms with Crippen LogP contribution in [0.15, 0.2) is 27.6 Å². The van der Waals surface area contributed by atoms with Gasteiger partial charge >= 0.3 is 0 Å². The van der Waals surface area contributed by atoms with E-state index in [1.165, 1.54) is 18.2 Å². The second-order valence-corrected chi connectivity index (χ2v) is 8.29. The topological polar surface area (TPSA) is 66.4 Å². The van der Waals surface area contributed by atoms with Crippen LogP contribution in [-0.2, 0) is 10.0 Å². The molecule has 0 aromatic heterocycles. The highest BCUT2D eigenvalue weighted by Gasteiger charge is 2.34. The molecule has 4 nitrogen and oxygen atoms in total. The van der Waals surface area contributed by atoms with Crippen molar-refractivity contribution < 1.29 is 13.5 Å². The van der Waals surface area contributed by atoms with Gasteiger partial charge in [-0.3, -0.25) is 0 Å². The van der Waals surface area contributed by atoms with E-state index < -0.39 is 10.0 Å². The van der Waals surface area contributed by atoms with E-state index in [1.807, 2.05) is 0 Å². The predicted octanol–water partition coefficient (Wildman–Crippen LogP) is 2.93. The van der Waals surface area contributed by atoms with Crippen LogP contribution in [0, 0.1) is 5.41 Å². The summed E-state index contributed by atoms with van der Waals surface area (Å²) in [5.41, 5.74) is -0.309. The minimum atomic E-state index is -3.58. The highest BCUT2D eigenvalue weighted by Crippen LogP contribution is 2.37. The summed E-state index contributed by atoms with van der Waals surface area (Å²) in [6, 6.07) is 4.48. The Bertz CT molecular complexity index is 585. The zero-order valence-electron chi connectivity index (χ0n) is 10.9. The molecule has 0 saturated heterocycles. The number of benzene rings is 1. The molecule has 0 heterocycles. The van der Waals surface area contributed by atoms with Crippen LogP contribution in [-0.4, -0.2) is 26.7 Å². The van der Waals surface area contributed by atoms with Gasteiger partial charge in [0.05, 0.1) is 9.92 Å². The van der Waals surface area contributed by atoms with Gasteiger partial charge in [-0.2, -0.15) is 0 Å². The molecule has 1 aliphatic carbocycles. The minimum Gasteiger partial charge on any atom is -0.396 e. The van der Waals surface area contributed by atoms with E-state index in [0.717, 1.165) is 25.7 Å². The van der Waals surface area contributed by atoms with Gasteiger partial charge in [0.15, 0.2) is 0 Å². The highest BCUT2D eigenvalue weighted by atomic mass is 79.9. The SMILES string of the molecule is O=S(=O)(NCC1(CO)CCCC1)c1ccc(Cl)c(Br)c1. The number of rotatable bonds is 5. The van der Waals surface area contributed by atoms with Gasteiger partial charge in [-0.05, 0) is 47.0 Å². The molecule has 112 valence electrons. The lowest BCUT2D eigenvalue weighted by atomic mass is 9.88. The lowest BCUT2D eigenvalue weighted by Crippen LogP contribution is -2.38. The predicted molar refractivity (Wildman–Crippen MR) is 82.3 cm³/mol. The summed E-state index contributed by atoms with van der Waals surface area (Å²) in [6.07, 6.45) is 3.79. The minimum absolute atomic E-state index is 0.0137. The fourth-order valence-corrected chi connectivity index (χ4v) is 4.32. The number of aliphatic hydroxyl groups is 1. The van der Waals surface area contributed by atoms with Crippen molar-refractivity contribution in [3.8, 4) is 0 Å². The van der Waals surface area contributed by atoms with Crippen molar-refractivity contribution in [2.24, 2.45) is 5.41 Å². The Morgan fingerprint density at radius 1 is 1.35 bits per heavy atom. The Morgan fingerprint density at radius 2 is 2.00 bits per heavy atom. The zero-order chi connectivity index (χ0) is 14.8. The van der Waals surface area contributed by atoms with Crippen LogP contribution >= 0.6 is 27.5 Å². The highest BCUT2D eigenvalue weighted by molar-refractivity contribution is 9.10. The fourth-order valence-electron chi connectivity index (χ4n) is 2.49. The Morgan fingerprint density at radius 3 is 2.55 bits per heavy atom. The lowest BCUT2D eigenvalue weighted by molar-refractivity contribution is 0.134. The molecular weight excluding hydrogens is 366 g/mol. The Hall–Kier alpha value is -0.140. The Kier molecular flexibility index (Phi) is 5.13. The van der Waals surface area contributed by atoms with Gasteiger partial charge in [-0.15, -0.1) is 0 Å². The Labute approximate surface area is 132 Å². The third kappa shape index (κ3) is 3.54. The largest absolute Gasteiger partial charge is 0.396 e. The molecule has 0 atom stereocenters. The van der Waals surface area contributed by atoms with Crippen molar-refractivity contribution in [3.63, 3.8) is 0 Å². The second-order valence-electron chi connectivity index (χ2n) is 5.27. The summed E-state index contributed by atoms with van der Waals surface area (Å²) < 4.78 is 27.7. The molecule has 0 amide bonds. The maximum absolute atomic E-state index is 12.3. The van der Waals surface area contributed by atoms with Crippen molar-refractivity contribution in [1.29, 1.82) is 0 Å². The van der Waals surface area contributed by atoms with Gasteiger partial charge in [0.25, 0.3) is 0 Å². The van der Waals surface area contributed by atoms with E-state index in [-0.39, 0.29) is 23.5 Å². The molecule has 0 unspecified atom stereocenters. The molecular formula is C13H17BrClNO3S. The van der Waals surface area contributed by atoms with Gasteiger partial charge in [-0.25, -0.2) is 13.1 Å². The summed E-state index contributed by atoms with van der Waals surface area (Å²) in [7, 11) is -3.58. The van der Waals surface area contributed by atoms with Gasteiger partial charge in [0.1, 0.15) is 0 Å². The summed E-state index contributed by atoms with van der Waals surface area (Å²) >= 11 is 9.08. The number of halogens is 2. The van der Waals surface area contributed by atoms with Crippen LogP contribution in [0.4, 0.5) is 0 Å². The second kappa shape index (κ2) is 6.32. The van der Waals surface area contributed by atoms with E-state index >= 15 is 0 Å². The van der Waals surface area contributed by atoms with Crippen LogP contribution in [0.25, 0.3) is 0 Å². The number of aliphatic hydroxyl groups excluding tert-OH is 1. The maximum atomic E-state index is 12.3. The van der Waals surface area contributed by atoms with E-state index in [9.17, 15) is 13.5 Å². The van der Waals surface area contributed by atoms with Gasteiger partial charge in [0.2, 0.25) is 10.0 Å². The molecule has 2 N–H and O–H groups in total. The fraction of sp³-hybridized carbons (Fsp3) is 0.538. The van der Waals surface area contributed by atoms with E-state index in [4.69, 9.17) is 11.6 Å². The van der Waals surface area contributed by atoms with Crippen molar-refractivity contribution >= 4 is 37.6 Å². The molecule has 1 aromatic carbocycles. The summed E-state index contributed by atoms with van der Waals surface area (Å²) in [4.78, 5) is 0.167. The standard InChI is InChI=1S/C13H17BrClNO3S/c14-11-7-10(3-4-12(11)15)20(18,19)16-8-13(9-17)5-1-2-6-13/h3-4,7,16-17H,1-2,5-6,8-9H2. The van der Waals surface area contributed by atoms with Crippen LogP contribution < -0.4 is 4.72 Å². The zero-order valence-corrected chi connectivity index (χ0v) is 14.1. The molecule has 1 aromatic rings. The molecule has 0 spiro atoms. The van der Waals surface area contributed by atoms with E-state index in [0.29, 0.717) is 9.50 Å². The van der Waals surface area contributed by atoms with Gasteiger partial charge in [-0.1, -0.05) is 24.4 Å². The molecule has 0 radical (unpaired) electrons. The van der Waals surface area contributed by atoms with Crippen molar-refractivity contribution in [2.75, 3.05) is 13.2 Å². The van der Waals surface area contributed by atoms with E-state index in [1.54, 1.807) is 0 Å².